The number of rotatable bonds is 7. The standard InChI is InChI=1S/C19H26Cl2N2O3/c1-12(2)9-17(19(25)23(3)11-14-5-4-8-26-14)22-18(24)15-7-6-13(20)10-16(15)21/h6-7,10,12,14,17H,4-5,8-9,11H2,1-3H3,(H,22,24). The topological polar surface area (TPSA) is 58.6 Å². The average Bonchev–Trinajstić information content (AvgIpc) is 3.05. The normalized spacial score (nSPS) is 18.0. The zero-order chi connectivity index (χ0) is 19.3. The van der Waals surface area contributed by atoms with Crippen molar-refractivity contribution in [2.75, 3.05) is 20.2 Å². The maximum absolute atomic E-state index is 12.9. The molecular formula is C19H26Cl2N2O3. The number of hydrogen-bond acceptors (Lipinski definition) is 3. The van der Waals surface area contributed by atoms with Gasteiger partial charge in [-0.25, -0.2) is 0 Å². The van der Waals surface area contributed by atoms with Crippen LogP contribution in [0.5, 0.6) is 0 Å². The highest BCUT2D eigenvalue weighted by molar-refractivity contribution is 6.36. The summed E-state index contributed by atoms with van der Waals surface area (Å²) in [6.45, 7) is 5.31. The maximum Gasteiger partial charge on any atom is 0.253 e. The minimum Gasteiger partial charge on any atom is -0.376 e. The van der Waals surface area contributed by atoms with Crippen LogP contribution >= 0.6 is 23.2 Å². The summed E-state index contributed by atoms with van der Waals surface area (Å²) in [4.78, 5) is 27.1. The number of carbonyl (C=O) groups excluding carboxylic acids is 2. The third-order valence-corrected chi connectivity index (χ3v) is 4.91. The van der Waals surface area contributed by atoms with E-state index in [-0.39, 0.29) is 28.9 Å². The Balaban J connectivity index is 2.07. The number of carbonyl (C=O) groups is 2. The van der Waals surface area contributed by atoms with Crippen molar-refractivity contribution in [1.82, 2.24) is 10.2 Å². The van der Waals surface area contributed by atoms with Gasteiger partial charge in [0.15, 0.2) is 0 Å². The lowest BCUT2D eigenvalue weighted by Gasteiger charge is -2.27. The lowest BCUT2D eigenvalue weighted by Crippen LogP contribution is -2.49. The van der Waals surface area contributed by atoms with Gasteiger partial charge in [-0.1, -0.05) is 37.0 Å². The van der Waals surface area contributed by atoms with Gasteiger partial charge in [0.2, 0.25) is 5.91 Å². The molecule has 2 amide bonds. The Morgan fingerprint density at radius 2 is 2.08 bits per heavy atom. The SMILES string of the molecule is CC(C)CC(NC(=O)c1ccc(Cl)cc1Cl)C(=O)N(C)CC1CCCO1. The summed E-state index contributed by atoms with van der Waals surface area (Å²) < 4.78 is 5.60. The Morgan fingerprint density at radius 3 is 2.65 bits per heavy atom. The first-order chi connectivity index (χ1) is 12.3. The van der Waals surface area contributed by atoms with Crippen LogP contribution < -0.4 is 5.32 Å². The minimum absolute atomic E-state index is 0.0741. The van der Waals surface area contributed by atoms with E-state index in [1.165, 1.54) is 6.07 Å². The number of hydrogen-bond donors (Lipinski definition) is 1. The molecule has 2 unspecified atom stereocenters. The fourth-order valence-electron chi connectivity index (χ4n) is 3.05. The van der Waals surface area contributed by atoms with Gasteiger partial charge in [0.1, 0.15) is 6.04 Å². The summed E-state index contributed by atoms with van der Waals surface area (Å²) in [6.07, 6.45) is 2.60. The molecule has 1 aliphatic rings. The van der Waals surface area contributed by atoms with Crippen molar-refractivity contribution < 1.29 is 14.3 Å². The van der Waals surface area contributed by atoms with Crippen LogP contribution in [0, 0.1) is 5.92 Å². The van der Waals surface area contributed by atoms with Gasteiger partial charge in [-0.15, -0.1) is 0 Å². The monoisotopic (exact) mass is 400 g/mol. The van der Waals surface area contributed by atoms with Crippen molar-refractivity contribution in [3.8, 4) is 0 Å². The Bertz CT molecular complexity index is 646. The maximum atomic E-state index is 12.9. The Morgan fingerprint density at radius 1 is 1.35 bits per heavy atom. The van der Waals surface area contributed by atoms with Gasteiger partial charge in [-0.3, -0.25) is 9.59 Å². The van der Waals surface area contributed by atoms with E-state index in [9.17, 15) is 9.59 Å². The van der Waals surface area contributed by atoms with Crippen molar-refractivity contribution in [2.24, 2.45) is 5.92 Å². The van der Waals surface area contributed by atoms with Gasteiger partial charge in [0.05, 0.1) is 16.7 Å². The van der Waals surface area contributed by atoms with Gasteiger partial charge in [-0.2, -0.15) is 0 Å². The molecule has 7 heteroatoms. The van der Waals surface area contributed by atoms with Gasteiger partial charge in [0, 0.05) is 25.2 Å². The quantitative estimate of drug-likeness (QED) is 0.757. The molecule has 0 aromatic heterocycles. The summed E-state index contributed by atoms with van der Waals surface area (Å²) in [5.74, 6) is -0.245. The summed E-state index contributed by atoms with van der Waals surface area (Å²) in [6, 6.07) is 4.07. The molecule has 1 fully saturated rings. The van der Waals surface area contributed by atoms with Crippen LogP contribution in [0.4, 0.5) is 0 Å². The highest BCUT2D eigenvalue weighted by Crippen LogP contribution is 2.21. The van der Waals surface area contributed by atoms with E-state index < -0.39 is 6.04 Å². The molecule has 0 saturated carbocycles. The van der Waals surface area contributed by atoms with E-state index in [2.05, 4.69) is 5.32 Å². The van der Waals surface area contributed by atoms with E-state index in [0.717, 1.165) is 19.4 Å². The third kappa shape index (κ3) is 5.86. The molecule has 2 atom stereocenters. The van der Waals surface area contributed by atoms with Gasteiger partial charge in [0.25, 0.3) is 5.91 Å². The van der Waals surface area contributed by atoms with Crippen molar-refractivity contribution in [1.29, 1.82) is 0 Å². The Kier molecular flexibility index (Phi) is 7.74. The second-order valence-corrected chi connectivity index (χ2v) is 7.98. The first-order valence-corrected chi connectivity index (χ1v) is 9.66. The number of nitrogens with zero attached hydrogens (tertiary/aromatic N) is 1. The van der Waals surface area contributed by atoms with Crippen LogP contribution in [0.2, 0.25) is 10.0 Å². The summed E-state index contributed by atoms with van der Waals surface area (Å²) >= 11 is 12.0. The zero-order valence-corrected chi connectivity index (χ0v) is 16.9. The number of halogens is 2. The van der Waals surface area contributed by atoms with Crippen LogP contribution in [0.15, 0.2) is 18.2 Å². The second-order valence-electron chi connectivity index (χ2n) is 7.13. The molecule has 2 rings (SSSR count). The van der Waals surface area contributed by atoms with Crippen LogP contribution in [0.25, 0.3) is 0 Å². The van der Waals surface area contributed by atoms with Crippen molar-refractivity contribution in [3.05, 3.63) is 33.8 Å². The molecule has 0 spiro atoms. The molecular weight excluding hydrogens is 375 g/mol. The summed E-state index contributed by atoms with van der Waals surface area (Å²) in [5, 5.41) is 3.55. The van der Waals surface area contributed by atoms with Crippen LogP contribution in [-0.4, -0.2) is 49.1 Å². The first kappa shape index (κ1) is 21.0. The fourth-order valence-corrected chi connectivity index (χ4v) is 3.55. The predicted molar refractivity (Wildman–Crippen MR) is 104 cm³/mol. The molecule has 1 heterocycles. The second kappa shape index (κ2) is 9.58. The largest absolute Gasteiger partial charge is 0.376 e. The van der Waals surface area contributed by atoms with Crippen molar-refractivity contribution in [3.63, 3.8) is 0 Å². The number of benzene rings is 1. The Labute approximate surface area is 165 Å². The molecule has 1 N–H and O–H groups in total. The van der Waals surface area contributed by atoms with Crippen LogP contribution in [-0.2, 0) is 9.53 Å². The van der Waals surface area contributed by atoms with E-state index in [1.807, 2.05) is 13.8 Å². The third-order valence-electron chi connectivity index (χ3n) is 4.36. The lowest BCUT2D eigenvalue weighted by atomic mass is 10.0. The molecule has 1 saturated heterocycles. The number of nitrogens with one attached hydrogen (secondary N) is 1. The van der Waals surface area contributed by atoms with E-state index in [4.69, 9.17) is 27.9 Å². The predicted octanol–water partition coefficient (Wildman–Crippen LogP) is 3.78. The molecule has 1 aromatic carbocycles. The van der Waals surface area contributed by atoms with Gasteiger partial charge in [-0.05, 0) is 43.4 Å². The molecule has 1 aliphatic heterocycles. The lowest BCUT2D eigenvalue weighted by molar-refractivity contribution is -0.133. The molecule has 0 aliphatic carbocycles. The fraction of sp³-hybridized carbons (Fsp3) is 0.579. The smallest absolute Gasteiger partial charge is 0.253 e. The molecule has 26 heavy (non-hydrogen) atoms. The van der Waals surface area contributed by atoms with E-state index in [0.29, 0.717) is 23.6 Å². The highest BCUT2D eigenvalue weighted by Gasteiger charge is 2.28. The molecule has 0 bridgehead atoms. The molecule has 144 valence electrons. The van der Waals surface area contributed by atoms with Crippen molar-refractivity contribution >= 4 is 35.0 Å². The minimum atomic E-state index is -0.611. The summed E-state index contributed by atoms with van der Waals surface area (Å²) in [7, 11) is 1.75. The Hall–Kier alpha value is -1.30. The average molecular weight is 401 g/mol. The number of likely N-dealkylation sites (N-methyl/N-ethyl adjacent to an activating group) is 1. The van der Waals surface area contributed by atoms with Gasteiger partial charge < -0.3 is 15.0 Å². The van der Waals surface area contributed by atoms with Gasteiger partial charge >= 0.3 is 0 Å². The number of amides is 2. The molecule has 0 radical (unpaired) electrons. The van der Waals surface area contributed by atoms with E-state index in [1.54, 1.807) is 24.1 Å². The zero-order valence-electron chi connectivity index (χ0n) is 15.4. The molecule has 5 nitrogen and oxygen atoms in total. The molecule has 1 aromatic rings. The number of ether oxygens (including phenoxy) is 1. The highest BCUT2D eigenvalue weighted by atomic mass is 35.5. The van der Waals surface area contributed by atoms with Crippen LogP contribution in [0.1, 0.15) is 43.5 Å². The van der Waals surface area contributed by atoms with Crippen LogP contribution in [0.3, 0.4) is 0 Å². The van der Waals surface area contributed by atoms with Crippen molar-refractivity contribution in [2.45, 2.75) is 45.3 Å². The van der Waals surface area contributed by atoms with E-state index >= 15 is 0 Å². The summed E-state index contributed by atoms with van der Waals surface area (Å²) in [5.41, 5.74) is 0.305. The first-order valence-electron chi connectivity index (χ1n) is 8.90.